The van der Waals surface area contributed by atoms with Crippen LogP contribution in [0.4, 0.5) is 5.82 Å². The van der Waals surface area contributed by atoms with Crippen molar-refractivity contribution in [3.05, 3.63) is 53.0 Å². The number of hydrogen-bond donors (Lipinski definition) is 0. The Morgan fingerprint density at radius 3 is 2.64 bits per heavy atom. The van der Waals surface area contributed by atoms with Gasteiger partial charge in [-0.2, -0.15) is 0 Å². The van der Waals surface area contributed by atoms with Crippen LogP contribution in [0.2, 0.25) is 0 Å². The number of hydrogen-bond acceptors (Lipinski definition) is 5. The molecule has 1 aromatic carbocycles. The van der Waals surface area contributed by atoms with Gasteiger partial charge in [0.05, 0.1) is 6.54 Å². The fourth-order valence-electron chi connectivity index (χ4n) is 5.33. The zero-order valence-electron chi connectivity index (χ0n) is 19.5. The molecule has 33 heavy (non-hydrogen) atoms. The Bertz CT molecular complexity index is 1020. The Balaban J connectivity index is 1.31. The molecule has 7 nitrogen and oxygen atoms in total. The van der Waals surface area contributed by atoms with E-state index >= 15 is 0 Å². The summed E-state index contributed by atoms with van der Waals surface area (Å²) < 4.78 is 0. The number of amides is 2. The maximum atomic E-state index is 12.8. The third-order valence-corrected chi connectivity index (χ3v) is 7.29. The second-order valence-electron chi connectivity index (χ2n) is 9.56. The highest BCUT2D eigenvalue weighted by molar-refractivity contribution is 5.95. The molecule has 7 heteroatoms. The molecule has 0 bridgehead atoms. The minimum atomic E-state index is 0.129. The first-order chi connectivity index (χ1) is 16.1. The topological polar surface area (TPSA) is 69.6 Å². The van der Waals surface area contributed by atoms with E-state index in [9.17, 15) is 9.59 Å². The van der Waals surface area contributed by atoms with E-state index in [1.807, 2.05) is 34.9 Å². The van der Waals surface area contributed by atoms with E-state index in [0.717, 1.165) is 55.4 Å². The molecule has 5 rings (SSSR count). The number of anilines is 1. The fraction of sp³-hybridized carbons (Fsp3) is 0.538. The van der Waals surface area contributed by atoms with Gasteiger partial charge in [0.25, 0.3) is 0 Å². The highest BCUT2D eigenvalue weighted by atomic mass is 16.2. The third-order valence-electron chi connectivity index (χ3n) is 7.29. The number of rotatable bonds is 6. The maximum Gasteiger partial charge on any atom is 0.236 e. The molecule has 2 saturated heterocycles. The van der Waals surface area contributed by atoms with Crippen LogP contribution in [-0.4, -0.2) is 70.9 Å². The zero-order valence-corrected chi connectivity index (χ0v) is 19.5. The van der Waals surface area contributed by atoms with E-state index in [1.165, 1.54) is 18.4 Å². The largest absolute Gasteiger partial charge is 0.341 e. The molecule has 4 heterocycles. The summed E-state index contributed by atoms with van der Waals surface area (Å²) in [6.07, 6.45) is 5.27. The Labute approximate surface area is 195 Å². The van der Waals surface area contributed by atoms with Crippen molar-refractivity contribution in [2.24, 2.45) is 0 Å². The van der Waals surface area contributed by atoms with E-state index in [4.69, 9.17) is 9.97 Å². The van der Waals surface area contributed by atoms with Crippen molar-refractivity contribution in [3.63, 3.8) is 0 Å². The average Bonchev–Trinajstić information content (AvgIpc) is 3.51. The molecule has 2 aromatic rings. The van der Waals surface area contributed by atoms with E-state index in [1.54, 1.807) is 0 Å². The molecule has 0 spiro atoms. The minimum Gasteiger partial charge on any atom is -0.341 e. The molecule has 3 aliphatic heterocycles. The molecule has 0 aliphatic carbocycles. The number of carbonyl (C=O) groups is 2. The van der Waals surface area contributed by atoms with Crippen LogP contribution in [0, 0.1) is 6.92 Å². The number of nitrogens with zero attached hydrogens (tertiary/aromatic N) is 5. The number of aromatic nitrogens is 2. The number of benzene rings is 1. The molecule has 1 atom stereocenters. The maximum absolute atomic E-state index is 12.8. The second kappa shape index (κ2) is 9.59. The van der Waals surface area contributed by atoms with E-state index in [-0.39, 0.29) is 17.7 Å². The van der Waals surface area contributed by atoms with Gasteiger partial charge in [0.1, 0.15) is 11.6 Å². The van der Waals surface area contributed by atoms with Gasteiger partial charge in [0, 0.05) is 43.2 Å². The minimum absolute atomic E-state index is 0.129. The second-order valence-corrected chi connectivity index (χ2v) is 9.56. The van der Waals surface area contributed by atoms with Crippen molar-refractivity contribution in [3.8, 4) is 0 Å². The molecule has 2 amide bonds. The van der Waals surface area contributed by atoms with Crippen LogP contribution in [0.5, 0.6) is 0 Å². The Morgan fingerprint density at radius 1 is 1.06 bits per heavy atom. The molecule has 3 aliphatic rings. The van der Waals surface area contributed by atoms with Crippen molar-refractivity contribution in [1.29, 1.82) is 0 Å². The van der Waals surface area contributed by atoms with Gasteiger partial charge in [-0.25, -0.2) is 9.97 Å². The van der Waals surface area contributed by atoms with Crippen molar-refractivity contribution < 1.29 is 9.59 Å². The summed E-state index contributed by atoms with van der Waals surface area (Å²) in [6, 6.07) is 10.3. The Hall–Kier alpha value is -2.80. The molecule has 0 saturated carbocycles. The molecular formula is C26H33N5O2. The summed E-state index contributed by atoms with van der Waals surface area (Å²) in [4.78, 5) is 41.5. The van der Waals surface area contributed by atoms with Gasteiger partial charge in [-0.1, -0.05) is 30.3 Å². The van der Waals surface area contributed by atoms with Gasteiger partial charge in [-0.05, 0) is 57.7 Å². The third kappa shape index (κ3) is 4.78. The molecule has 2 fully saturated rings. The number of carbonyl (C=O) groups excluding carboxylic acids is 2. The molecule has 1 unspecified atom stereocenters. The predicted molar refractivity (Wildman–Crippen MR) is 127 cm³/mol. The lowest BCUT2D eigenvalue weighted by Gasteiger charge is -2.30. The first-order valence-electron chi connectivity index (χ1n) is 12.3. The van der Waals surface area contributed by atoms with Crippen molar-refractivity contribution in [2.45, 2.75) is 51.4 Å². The monoisotopic (exact) mass is 447 g/mol. The molecule has 174 valence electrons. The lowest BCUT2D eigenvalue weighted by atomic mass is 10.0. The van der Waals surface area contributed by atoms with Crippen LogP contribution in [0.3, 0.4) is 0 Å². The van der Waals surface area contributed by atoms with Crippen molar-refractivity contribution in [1.82, 2.24) is 19.8 Å². The SMILES string of the molecule is Cc1nc(C2CCN(C(=O)CN3CCCC3)C2)nc2c1CCC(=O)N2CCc1ccccc1. The quantitative estimate of drug-likeness (QED) is 0.681. The highest BCUT2D eigenvalue weighted by Crippen LogP contribution is 2.32. The first-order valence-corrected chi connectivity index (χ1v) is 12.3. The van der Waals surface area contributed by atoms with Gasteiger partial charge >= 0.3 is 0 Å². The Kier molecular flexibility index (Phi) is 6.40. The average molecular weight is 448 g/mol. The zero-order chi connectivity index (χ0) is 22.8. The first kappa shape index (κ1) is 22.0. The summed E-state index contributed by atoms with van der Waals surface area (Å²) in [6.45, 7) is 6.66. The van der Waals surface area contributed by atoms with Gasteiger partial charge in [0.15, 0.2) is 0 Å². The van der Waals surface area contributed by atoms with E-state index in [2.05, 4.69) is 17.0 Å². The van der Waals surface area contributed by atoms with Crippen molar-refractivity contribution in [2.75, 3.05) is 44.2 Å². The van der Waals surface area contributed by atoms with Crippen LogP contribution in [-0.2, 0) is 22.4 Å². The van der Waals surface area contributed by atoms with Crippen LogP contribution < -0.4 is 4.90 Å². The lowest BCUT2D eigenvalue weighted by Crippen LogP contribution is -2.39. The Morgan fingerprint density at radius 2 is 1.85 bits per heavy atom. The van der Waals surface area contributed by atoms with Gasteiger partial charge in [-0.3, -0.25) is 19.4 Å². The fourth-order valence-corrected chi connectivity index (χ4v) is 5.33. The highest BCUT2D eigenvalue weighted by Gasteiger charge is 2.33. The summed E-state index contributed by atoms with van der Waals surface area (Å²) in [5.74, 6) is 2.04. The predicted octanol–water partition coefficient (Wildman–Crippen LogP) is 2.72. The standard InChI is InChI=1S/C26H33N5O2/c1-19-22-9-10-23(32)31(16-11-20-7-3-2-4-8-20)26(22)28-25(27-19)21-12-15-30(17-21)24(33)18-29-13-5-6-14-29/h2-4,7-8,21H,5-6,9-18H2,1H3. The molecular weight excluding hydrogens is 414 g/mol. The lowest BCUT2D eigenvalue weighted by molar-refractivity contribution is -0.131. The summed E-state index contributed by atoms with van der Waals surface area (Å²) >= 11 is 0. The molecule has 0 N–H and O–H groups in total. The van der Waals surface area contributed by atoms with Crippen molar-refractivity contribution >= 4 is 17.6 Å². The number of aryl methyl sites for hydroxylation is 1. The van der Waals surface area contributed by atoms with Gasteiger partial charge in [-0.15, -0.1) is 0 Å². The molecule has 0 radical (unpaired) electrons. The van der Waals surface area contributed by atoms with E-state index in [0.29, 0.717) is 32.5 Å². The summed E-state index contributed by atoms with van der Waals surface area (Å²) in [5.41, 5.74) is 3.27. The van der Waals surface area contributed by atoms with Crippen LogP contribution >= 0.6 is 0 Å². The van der Waals surface area contributed by atoms with Crippen LogP contribution in [0.15, 0.2) is 30.3 Å². The van der Waals surface area contributed by atoms with E-state index < -0.39 is 0 Å². The van der Waals surface area contributed by atoms with Crippen LogP contribution in [0.1, 0.15) is 54.2 Å². The van der Waals surface area contributed by atoms with Gasteiger partial charge in [0.2, 0.25) is 11.8 Å². The van der Waals surface area contributed by atoms with Crippen LogP contribution in [0.25, 0.3) is 0 Å². The molecule has 1 aromatic heterocycles. The number of fused-ring (bicyclic) bond motifs is 1. The summed E-state index contributed by atoms with van der Waals surface area (Å²) in [5, 5.41) is 0. The smallest absolute Gasteiger partial charge is 0.236 e. The normalized spacial score (nSPS) is 21.0. The summed E-state index contributed by atoms with van der Waals surface area (Å²) in [7, 11) is 0. The number of likely N-dealkylation sites (tertiary alicyclic amines) is 2. The van der Waals surface area contributed by atoms with Gasteiger partial charge < -0.3 is 4.90 Å².